The van der Waals surface area contributed by atoms with Gasteiger partial charge in [0.2, 0.25) is 0 Å². The Morgan fingerprint density at radius 2 is 0.321 bits per heavy atom. The maximum absolute atomic E-state index is 2.25. The summed E-state index contributed by atoms with van der Waals surface area (Å²) in [6.07, 6.45) is 28.0. The van der Waals surface area contributed by atoms with Gasteiger partial charge in [0.15, 0.2) is 0 Å². The molecule has 56 heavy (non-hydrogen) atoms. The lowest BCUT2D eigenvalue weighted by Crippen LogP contribution is -1.70. The van der Waals surface area contributed by atoms with Crippen LogP contribution in [0.25, 0.3) is 0 Å². The Morgan fingerprint density at radius 1 is 0.196 bits per heavy atom. The van der Waals surface area contributed by atoms with Gasteiger partial charge in [0.25, 0.3) is 0 Å². The van der Waals surface area contributed by atoms with Gasteiger partial charge in [-0.3, -0.25) is 0 Å². The molecule has 0 heterocycles. The highest BCUT2D eigenvalue weighted by Gasteiger charge is 1.82. The molecule has 0 aliphatic heterocycles. The SMILES string of the molecule is CCCCCCC.CCCCCCC.CCCCCCC.CCCCCCC.Cc1ccccc1.Cc1ccccc1.Cc1ccccc1.Cc1ccccc1. The van der Waals surface area contributed by atoms with Gasteiger partial charge in [0.1, 0.15) is 0 Å². The maximum atomic E-state index is 2.25. The van der Waals surface area contributed by atoms with Crippen LogP contribution in [0.3, 0.4) is 0 Å². The fraction of sp³-hybridized carbons (Fsp3) is 0.571. The van der Waals surface area contributed by atoms with E-state index >= 15 is 0 Å². The van der Waals surface area contributed by atoms with Crippen LogP contribution < -0.4 is 0 Å². The normalized spacial score (nSPS) is 9.07. The zero-order valence-corrected chi connectivity index (χ0v) is 39.7. The minimum atomic E-state index is 1.32. The van der Waals surface area contributed by atoms with Gasteiger partial charge in [-0.25, -0.2) is 0 Å². The van der Waals surface area contributed by atoms with E-state index in [1.165, 1.54) is 151 Å². The molecule has 4 aromatic rings. The van der Waals surface area contributed by atoms with Gasteiger partial charge in [-0.2, -0.15) is 0 Å². The number of unbranched alkanes of at least 4 members (excludes halogenated alkanes) is 16. The summed E-state index contributed by atoms with van der Waals surface area (Å²) in [5, 5.41) is 0. The molecule has 0 heteroatoms. The first-order chi connectivity index (χ1) is 27.2. The molecule has 0 radical (unpaired) electrons. The van der Waals surface area contributed by atoms with E-state index in [-0.39, 0.29) is 0 Å². The lowest BCUT2D eigenvalue weighted by Gasteiger charge is -1.90. The molecular weight excluding hydrogens is 673 g/mol. The number of rotatable bonds is 16. The molecule has 0 saturated carbocycles. The second-order valence-corrected chi connectivity index (χ2v) is 14.9. The molecule has 0 N–H and O–H groups in total. The third-order valence-corrected chi connectivity index (χ3v) is 8.59. The Balaban J connectivity index is -0.000000276. The molecule has 0 atom stereocenters. The van der Waals surface area contributed by atoms with Crippen LogP contribution in [0.4, 0.5) is 0 Å². The van der Waals surface area contributed by atoms with Crippen molar-refractivity contribution in [1.82, 2.24) is 0 Å². The minimum Gasteiger partial charge on any atom is -0.0654 e. The molecule has 4 rings (SSSR count). The van der Waals surface area contributed by atoms with Crippen LogP contribution in [0.5, 0.6) is 0 Å². The van der Waals surface area contributed by atoms with Gasteiger partial charge in [-0.15, -0.1) is 0 Å². The Morgan fingerprint density at radius 3 is 0.393 bits per heavy atom. The topological polar surface area (TPSA) is 0 Å². The summed E-state index contributed by atoms with van der Waals surface area (Å²) in [5.41, 5.74) is 5.29. The lowest BCUT2D eigenvalue weighted by atomic mass is 10.2. The van der Waals surface area contributed by atoms with E-state index in [2.05, 4.69) is 132 Å². The highest BCUT2D eigenvalue weighted by atomic mass is 13.9. The molecule has 0 saturated heterocycles. The molecule has 0 amide bonds. The van der Waals surface area contributed by atoms with Crippen molar-refractivity contribution in [3.05, 3.63) is 144 Å². The fourth-order valence-electron chi connectivity index (χ4n) is 4.84. The third kappa shape index (κ3) is 62.8. The van der Waals surface area contributed by atoms with Crippen molar-refractivity contribution in [2.45, 2.75) is 212 Å². The monoisotopic (exact) mass is 769 g/mol. The molecule has 0 aromatic heterocycles. The van der Waals surface area contributed by atoms with Crippen LogP contribution in [0.15, 0.2) is 121 Å². The van der Waals surface area contributed by atoms with E-state index in [0.717, 1.165) is 0 Å². The second-order valence-electron chi connectivity index (χ2n) is 14.9. The lowest BCUT2D eigenvalue weighted by molar-refractivity contribution is 0.656. The zero-order chi connectivity index (χ0) is 42.6. The van der Waals surface area contributed by atoms with Crippen molar-refractivity contribution in [2.24, 2.45) is 0 Å². The van der Waals surface area contributed by atoms with Gasteiger partial charge in [0, 0.05) is 0 Å². The van der Waals surface area contributed by atoms with Crippen molar-refractivity contribution >= 4 is 0 Å². The zero-order valence-electron chi connectivity index (χ0n) is 39.7. The molecule has 4 aromatic carbocycles. The Labute approximate surface area is 353 Å². The average molecular weight is 769 g/mol. The first kappa shape index (κ1) is 59.6. The van der Waals surface area contributed by atoms with Crippen molar-refractivity contribution in [2.75, 3.05) is 0 Å². The van der Waals surface area contributed by atoms with Crippen LogP contribution in [0.2, 0.25) is 0 Å². The summed E-state index contributed by atoms with van der Waals surface area (Å²) in [7, 11) is 0. The van der Waals surface area contributed by atoms with E-state index in [1.807, 2.05) is 72.8 Å². The van der Waals surface area contributed by atoms with Gasteiger partial charge < -0.3 is 0 Å². The summed E-state index contributed by atoms with van der Waals surface area (Å²) in [6.45, 7) is 26.3. The van der Waals surface area contributed by atoms with Crippen LogP contribution in [-0.4, -0.2) is 0 Å². The van der Waals surface area contributed by atoms with Crippen LogP contribution in [0.1, 0.15) is 206 Å². The van der Waals surface area contributed by atoms with Crippen molar-refractivity contribution in [3.63, 3.8) is 0 Å². The quantitative estimate of drug-likeness (QED) is 0.0996. The molecule has 320 valence electrons. The Bertz CT molecular complexity index is 928. The molecule has 0 fully saturated rings. The first-order valence-corrected chi connectivity index (χ1v) is 23.3. The highest BCUT2D eigenvalue weighted by Crippen LogP contribution is 2.02. The summed E-state index contributed by atoms with van der Waals surface area (Å²) < 4.78 is 0. The predicted octanol–water partition coefficient (Wildman–Crippen LogP) is 19.9. The largest absolute Gasteiger partial charge is 0.0654 e. The standard InChI is InChI=1S/4C7H8.4C7H16/c4*1-7-5-3-2-4-6-7;4*1-3-5-7-6-4-2/h4*2-6H,1H3;4*3-7H2,1-2H3. The Hall–Kier alpha value is -3.12. The van der Waals surface area contributed by atoms with Gasteiger partial charge >= 0.3 is 0 Å². The summed E-state index contributed by atoms with van der Waals surface area (Å²) in [6, 6.07) is 41.0. The summed E-state index contributed by atoms with van der Waals surface area (Å²) in [5.74, 6) is 0. The second kappa shape index (κ2) is 56.2. The average Bonchev–Trinajstić information content (AvgIpc) is 3.22. The molecule has 0 spiro atoms. The van der Waals surface area contributed by atoms with Crippen LogP contribution >= 0.6 is 0 Å². The summed E-state index contributed by atoms with van der Waals surface area (Å²) in [4.78, 5) is 0. The van der Waals surface area contributed by atoms with Gasteiger partial charge in [-0.1, -0.05) is 327 Å². The first-order valence-electron chi connectivity index (χ1n) is 23.3. The fourth-order valence-corrected chi connectivity index (χ4v) is 4.84. The minimum absolute atomic E-state index is 1.32. The Kier molecular flexibility index (Phi) is 59.8. The third-order valence-electron chi connectivity index (χ3n) is 8.59. The van der Waals surface area contributed by atoms with E-state index in [1.54, 1.807) is 0 Å². The number of benzene rings is 4. The number of hydrogen-bond donors (Lipinski definition) is 0. The van der Waals surface area contributed by atoms with E-state index < -0.39 is 0 Å². The van der Waals surface area contributed by atoms with Crippen LogP contribution in [0, 0.1) is 27.7 Å². The van der Waals surface area contributed by atoms with Gasteiger partial charge in [-0.05, 0) is 27.7 Å². The maximum Gasteiger partial charge on any atom is -0.0398 e. The number of hydrogen-bond acceptors (Lipinski definition) is 0. The number of aryl methyl sites for hydroxylation is 4. The summed E-state index contributed by atoms with van der Waals surface area (Å²) >= 11 is 0. The molecule has 0 aliphatic carbocycles. The van der Waals surface area contributed by atoms with E-state index in [4.69, 9.17) is 0 Å². The molecule has 0 unspecified atom stereocenters. The molecule has 0 aliphatic rings. The molecular formula is C56H96. The molecule has 0 bridgehead atoms. The highest BCUT2D eigenvalue weighted by molar-refractivity contribution is 5.13. The van der Waals surface area contributed by atoms with Crippen molar-refractivity contribution in [1.29, 1.82) is 0 Å². The molecule has 0 nitrogen and oxygen atoms in total. The van der Waals surface area contributed by atoms with E-state index in [9.17, 15) is 0 Å². The predicted molar refractivity (Wildman–Crippen MR) is 262 cm³/mol. The van der Waals surface area contributed by atoms with Crippen molar-refractivity contribution < 1.29 is 0 Å². The van der Waals surface area contributed by atoms with E-state index in [0.29, 0.717) is 0 Å². The van der Waals surface area contributed by atoms with Gasteiger partial charge in [0.05, 0.1) is 0 Å². The van der Waals surface area contributed by atoms with Crippen molar-refractivity contribution in [3.8, 4) is 0 Å². The van der Waals surface area contributed by atoms with Crippen LogP contribution in [-0.2, 0) is 0 Å². The smallest absolute Gasteiger partial charge is 0.0398 e.